The molecular weight excluding hydrogens is 492 g/mol. The third-order valence-corrected chi connectivity index (χ3v) is 7.62. The maximum absolute atomic E-state index is 13.6. The van der Waals surface area contributed by atoms with E-state index < -0.39 is 0 Å². The zero-order valence-electron chi connectivity index (χ0n) is 23.3. The second-order valence-corrected chi connectivity index (χ2v) is 10.7. The number of hydrogen-bond donors (Lipinski definition) is 1. The lowest BCUT2D eigenvalue weighted by molar-refractivity contribution is -0.131. The molecule has 1 aromatic carbocycles. The van der Waals surface area contributed by atoms with Crippen molar-refractivity contribution in [3.8, 4) is 17.7 Å². The molecule has 2 aliphatic rings. The highest BCUT2D eigenvalue weighted by molar-refractivity contribution is 5.97. The summed E-state index contributed by atoms with van der Waals surface area (Å²) in [6.07, 6.45) is 5.38. The quantitative estimate of drug-likeness (QED) is 0.552. The zero-order valence-corrected chi connectivity index (χ0v) is 23.3. The summed E-state index contributed by atoms with van der Waals surface area (Å²) in [5.41, 5.74) is 1.77. The number of benzene rings is 1. The lowest BCUT2D eigenvalue weighted by atomic mass is 9.99. The summed E-state index contributed by atoms with van der Waals surface area (Å²) < 4.78 is 6.34. The molecule has 0 aliphatic carbocycles. The number of carbonyl (C=O) groups excluding carboxylic acids is 2. The Balaban J connectivity index is 1.54. The molecule has 0 saturated carbocycles. The van der Waals surface area contributed by atoms with Crippen molar-refractivity contribution >= 4 is 11.8 Å². The summed E-state index contributed by atoms with van der Waals surface area (Å²) in [6, 6.07) is 10.9. The lowest BCUT2D eigenvalue weighted by Gasteiger charge is -2.37. The van der Waals surface area contributed by atoms with Gasteiger partial charge in [0.25, 0.3) is 5.91 Å². The van der Waals surface area contributed by atoms with Crippen molar-refractivity contribution in [3.05, 3.63) is 59.3 Å². The van der Waals surface area contributed by atoms with Crippen molar-refractivity contribution < 1.29 is 19.4 Å². The number of likely N-dealkylation sites (tertiary alicyclic amines) is 1. The van der Waals surface area contributed by atoms with Gasteiger partial charge in [0.05, 0.1) is 19.2 Å². The number of pyridine rings is 1. The number of aliphatic hydroxyl groups is 1. The average molecular weight is 533 g/mol. The van der Waals surface area contributed by atoms with Gasteiger partial charge in [0, 0.05) is 49.8 Å². The van der Waals surface area contributed by atoms with Gasteiger partial charge in [-0.1, -0.05) is 43.4 Å². The van der Waals surface area contributed by atoms with Crippen LogP contribution in [0.15, 0.2) is 42.6 Å². The van der Waals surface area contributed by atoms with E-state index in [1.807, 2.05) is 51.2 Å². The summed E-state index contributed by atoms with van der Waals surface area (Å²) in [5, 5.41) is 9.90. The number of amides is 2. The summed E-state index contributed by atoms with van der Waals surface area (Å²) in [6.45, 7) is 7.34. The van der Waals surface area contributed by atoms with Crippen molar-refractivity contribution in [2.24, 2.45) is 5.92 Å². The summed E-state index contributed by atoms with van der Waals surface area (Å²) >= 11 is 0. The van der Waals surface area contributed by atoms with Crippen LogP contribution in [-0.2, 0) is 4.79 Å². The summed E-state index contributed by atoms with van der Waals surface area (Å²) in [4.78, 5) is 36.9. The minimum absolute atomic E-state index is 0.0785. The van der Waals surface area contributed by atoms with E-state index >= 15 is 0 Å². The number of aromatic nitrogens is 1. The predicted molar refractivity (Wildman–Crippen MR) is 150 cm³/mol. The number of rotatable bonds is 7. The predicted octanol–water partition coefficient (Wildman–Crippen LogP) is 3.04. The molecule has 0 bridgehead atoms. The molecule has 8 heteroatoms. The monoisotopic (exact) mass is 532 g/mol. The number of nitrogens with zero attached hydrogens (tertiary/aromatic N) is 4. The van der Waals surface area contributed by atoms with Crippen LogP contribution >= 0.6 is 0 Å². The number of fused-ring (bicyclic) bond motifs is 1. The SMILES string of the molecule is C[C@@H]1CN([C@@H](C)CO)C(=O)c2cc(C#Cc3ccccc3)cnc2O[C@@H]1CN(C)C(=O)CCN1CCCCC1. The fraction of sp³-hybridized carbons (Fsp3) is 0.516. The highest BCUT2D eigenvalue weighted by atomic mass is 16.5. The van der Waals surface area contributed by atoms with Crippen molar-refractivity contribution in [2.45, 2.75) is 51.7 Å². The Kier molecular flexibility index (Phi) is 9.96. The van der Waals surface area contributed by atoms with Crippen LogP contribution in [0, 0.1) is 17.8 Å². The first-order valence-electron chi connectivity index (χ1n) is 14.0. The first-order valence-corrected chi connectivity index (χ1v) is 14.0. The number of carbonyl (C=O) groups is 2. The van der Waals surface area contributed by atoms with Crippen molar-refractivity contribution in [1.82, 2.24) is 19.7 Å². The van der Waals surface area contributed by atoms with Crippen LogP contribution in [-0.4, -0.2) is 95.1 Å². The van der Waals surface area contributed by atoms with Gasteiger partial charge >= 0.3 is 0 Å². The van der Waals surface area contributed by atoms with Gasteiger partial charge in [0.15, 0.2) is 0 Å². The number of aliphatic hydroxyl groups excluding tert-OH is 1. The Bertz CT molecular complexity index is 1190. The van der Waals surface area contributed by atoms with Crippen LogP contribution in [0.1, 0.15) is 61.0 Å². The zero-order chi connectivity index (χ0) is 27.8. The fourth-order valence-corrected chi connectivity index (χ4v) is 5.05. The second-order valence-electron chi connectivity index (χ2n) is 10.7. The highest BCUT2D eigenvalue weighted by Crippen LogP contribution is 2.27. The Hall–Kier alpha value is -3.41. The van der Waals surface area contributed by atoms with Crippen molar-refractivity contribution in [3.63, 3.8) is 0 Å². The molecule has 2 aromatic rings. The number of hydrogen-bond acceptors (Lipinski definition) is 6. The van der Waals surface area contributed by atoms with E-state index in [2.05, 4.69) is 21.7 Å². The third-order valence-electron chi connectivity index (χ3n) is 7.62. The molecule has 1 aromatic heterocycles. The van der Waals surface area contributed by atoms with E-state index in [4.69, 9.17) is 4.74 Å². The molecule has 3 heterocycles. The molecule has 1 fully saturated rings. The van der Waals surface area contributed by atoms with Gasteiger partial charge in [0.1, 0.15) is 11.7 Å². The van der Waals surface area contributed by atoms with Crippen molar-refractivity contribution in [2.75, 3.05) is 46.4 Å². The molecule has 8 nitrogen and oxygen atoms in total. The molecule has 0 radical (unpaired) electrons. The van der Waals surface area contributed by atoms with Crippen LogP contribution in [0.2, 0.25) is 0 Å². The average Bonchev–Trinajstić information content (AvgIpc) is 2.97. The van der Waals surface area contributed by atoms with E-state index in [1.165, 1.54) is 19.3 Å². The Labute approximate surface area is 232 Å². The van der Waals surface area contributed by atoms with E-state index in [1.54, 1.807) is 22.1 Å². The second kappa shape index (κ2) is 13.6. The van der Waals surface area contributed by atoms with Crippen LogP contribution < -0.4 is 4.74 Å². The molecule has 1 saturated heterocycles. The highest BCUT2D eigenvalue weighted by Gasteiger charge is 2.34. The molecule has 2 amide bonds. The maximum atomic E-state index is 13.6. The first-order chi connectivity index (χ1) is 18.9. The van der Waals surface area contributed by atoms with Gasteiger partial charge in [0.2, 0.25) is 11.8 Å². The van der Waals surface area contributed by atoms with Gasteiger partial charge < -0.3 is 24.5 Å². The number of ether oxygens (including phenoxy) is 1. The normalized spacial score (nSPS) is 20.5. The number of piperidine rings is 1. The van der Waals surface area contributed by atoms with E-state index in [0.717, 1.165) is 25.2 Å². The molecule has 39 heavy (non-hydrogen) atoms. The van der Waals surface area contributed by atoms with Crippen LogP contribution in [0.5, 0.6) is 5.88 Å². The molecule has 1 N–H and O–H groups in total. The Morgan fingerprint density at radius 1 is 1.18 bits per heavy atom. The van der Waals surface area contributed by atoms with Crippen LogP contribution in [0.4, 0.5) is 0 Å². The third kappa shape index (κ3) is 7.59. The number of likely N-dealkylation sites (N-methyl/N-ethyl adjacent to an activating group) is 1. The maximum Gasteiger partial charge on any atom is 0.259 e. The standard InChI is InChI=1S/C31H40N4O4/c1-23-20-35(24(2)22-36)31(38)27-18-26(13-12-25-10-6-4-7-11-25)19-32-30(27)39-28(23)21-33(3)29(37)14-17-34-15-8-5-9-16-34/h4,6-7,10-11,18-19,23-24,28,36H,5,8-9,14-17,20-22H2,1-3H3/t23-,24+,28-/m1/s1. The Morgan fingerprint density at radius 2 is 1.90 bits per heavy atom. The van der Waals surface area contributed by atoms with Gasteiger partial charge in [-0.2, -0.15) is 0 Å². The molecule has 2 aliphatic heterocycles. The molecule has 208 valence electrons. The molecule has 4 rings (SSSR count). The van der Waals surface area contributed by atoms with Gasteiger partial charge in [-0.25, -0.2) is 4.98 Å². The largest absolute Gasteiger partial charge is 0.472 e. The Morgan fingerprint density at radius 3 is 2.62 bits per heavy atom. The van der Waals surface area contributed by atoms with E-state index in [9.17, 15) is 14.7 Å². The minimum atomic E-state index is -0.380. The first kappa shape index (κ1) is 28.6. The van der Waals surface area contributed by atoms with Gasteiger partial charge in [-0.15, -0.1) is 0 Å². The van der Waals surface area contributed by atoms with Gasteiger partial charge in [-0.05, 0) is 51.1 Å². The lowest BCUT2D eigenvalue weighted by Crippen LogP contribution is -2.50. The molecule has 0 spiro atoms. The van der Waals surface area contributed by atoms with Gasteiger partial charge in [-0.3, -0.25) is 9.59 Å². The minimum Gasteiger partial charge on any atom is -0.472 e. The van der Waals surface area contributed by atoms with Crippen LogP contribution in [0.3, 0.4) is 0 Å². The molecular formula is C31H40N4O4. The van der Waals surface area contributed by atoms with Crippen molar-refractivity contribution in [1.29, 1.82) is 0 Å². The molecule has 0 unspecified atom stereocenters. The van der Waals surface area contributed by atoms with E-state index in [0.29, 0.717) is 30.6 Å². The summed E-state index contributed by atoms with van der Waals surface area (Å²) in [5.74, 6) is 6.16. The topological polar surface area (TPSA) is 86.2 Å². The summed E-state index contributed by atoms with van der Waals surface area (Å²) in [7, 11) is 1.81. The smallest absolute Gasteiger partial charge is 0.259 e. The van der Waals surface area contributed by atoms with Crippen LogP contribution in [0.25, 0.3) is 0 Å². The molecule has 3 atom stereocenters. The van der Waals surface area contributed by atoms with E-state index in [-0.39, 0.29) is 42.4 Å². The fourth-order valence-electron chi connectivity index (χ4n) is 5.05.